The number of anilines is 2. The molecule has 0 radical (unpaired) electrons. The third-order valence-electron chi connectivity index (χ3n) is 5.27. The van der Waals surface area contributed by atoms with E-state index >= 15 is 0 Å². The van der Waals surface area contributed by atoms with Crippen molar-refractivity contribution in [2.45, 2.75) is 13.8 Å². The number of benzene rings is 3. The Morgan fingerprint density at radius 3 is 2.51 bits per heavy atom. The molecule has 1 aliphatic rings. The zero-order valence-corrected chi connectivity index (χ0v) is 23.6. The normalized spacial score (nSPS) is 14.5. The number of ether oxygens (including phenoxy) is 1. The van der Waals surface area contributed by atoms with Crippen molar-refractivity contribution in [2.75, 3.05) is 16.8 Å². The van der Waals surface area contributed by atoms with Crippen LogP contribution in [0.1, 0.15) is 16.7 Å². The number of aryl methyl sites for hydroxylation is 2. The second-order valence-corrected chi connectivity index (χ2v) is 11.3. The molecule has 1 heterocycles. The largest absolute Gasteiger partial charge is 0.484 e. The fraction of sp³-hybridized carbons (Fsp3) is 0.115. The summed E-state index contributed by atoms with van der Waals surface area (Å²) in [5.41, 5.74) is 4.49. The molecule has 1 N–H and O–H groups in total. The summed E-state index contributed by atoms with van der Waals surface area (Å²) in [7, 11) is 0. The lowest BCUT2D eigenvalue weighted by molar-refractivity contribution is -0.118. The van der Waals surface area contributed by atoms with Gasteiger partial charge in [-0.15, -0.1) is 0 Å². The minimum absolute atomic E-state index is 0.121. The average molecular weight is 632 g/mol. The van der Waals surface area contributed by atoms with Gasteiger partial charge in [0, 0.05) is 8.95 Å². The van der Waals surface area contributed by atoms with E-state index in [0.717, 1.165) is 31.3 Å². The van der Waals surface area contributed by atoms with Gasteiger partial charge in [-0.3, -0.25) is 14.5 Å². The Morgan fingerprint density at radius 1 is 1.09 bits per heavy atom. The summed E-state index contributed by atoms with van der Waals surface area (Å²) >= 11 is 13.6. The van der Waals surface area contributed by atoms with E-state index < -0.39 is 0 Å². The van der Waals surface area contributed by atoms with Crippen molar-refractivity contribution in [3.63, 3.8) is 0 Å². The summed E-state index contributed by atoms with van der Waals surface area (Å²) in [6, 6.07) is 18.5. The van der Waals surface area contributed by atoms with Crippen molar-refractivity contribution in [1.82, 2.24) is 0 Å². The van der Waals surface area contributed by atoms with Gasteiger partial charge in [-0.25, -0.2) is 0 Å². The molecule has 4 rings (SSSR count). The van der Waals surface area contributed by atoms with Crippen LogP contribution in [-0.2, 0) is 9.59 Å². The first-order chi connectivity index (χ1) is 16.7. The molecule has 0 bridgehead atoms. The molecule has 3 aromatic rings. The molecule has 0 aliphatic carbocycles. The Kier molecular flexibility index (Phi) is 8.11. The van der Waals surface area contributed by atoms with Crippen LogP contribution in [-0.4, -0.2) is 22.7 Å². The molecule has 0 spiro atoms. The highest BCUT2D eigenvalue weighted by Gasteiger charge is 2.33. The first-order valence-electron chi connectivity index (χ1n) is 10.5. The second kappa shape index (κ2) is 11.1. The monoisotopic (exact) mass is 630 g/mol. The summed E-state index contributed by atoms with van der Waals surface area (Å²) in [5, 5.41) is 2.86. The van der Waals surface area contributed by atoms with Crippen LogP contribution in [0.25, 0.3) is 6.08 Å². The molecule has 1 saturated heterocycles. The summed E-state index contributed by atoms with van der Waals surface area (Å²) < 4.78 is 7.81. The van der Waals surface area contributed by atoms with Gasteiger partial charge in [0.25, 0.3) is 11.8 Å². The Hall–Kier alpha value is -2.46. The molecule has 2 amide bonds. The maximum Gasteiger partial charge on any atom is 0.270 e. The number of thioether (sulfide) groups is 1. The smallest absolute Gasteiger partial charge is 0.270 e. The highest BCUT2D eigenvalue weighted by molar-refractivity contribution is 9.10. The Morgan fingerprint density at radius 2 is 1.80 bits per heavy atom. The quantitative estimate of drug-likeness (QED) is 0.229. The fourth-order valence-electron chi connectivity index (χ4n) is 3.33. The Labute approximate surface area is 230 Å². The van der Waals surface area contributed by atoms with Crippen LogP contribution in [0.15, 0.2) is 74.5 Å². The standard InChI is InChI=1S/C26H20Br2N2O3S2/c1-15-10-21(28)22(11-16(15)2)29-24(31)14-33-20-8-6-17(7-9-20)12-23-25(32)30(26(34)35-23)19-5-3-4-18(27)13-19/h3-13H,14H2,1-2H3,(H,29,31)/b23-12+. The van der Waals surface area contributed by atoms with Crippen molar-refractivity contribution >= 4 is 89.4 Å². The van der Waals surface area contributed by atoms with E-state index in [4.69, 9.17) is 17.0 Å². The van der Waals surface area contributed by atoms with E-state index in [0.29, 0.717) is 20.7 Å². The number of carbonyl (C=O) groups is 2. The molecular formula is C26H20Br2N2O3S2. The van der Waals surface area contributed by atoms with Crippen LogP contribution in [0.2, 0.25) is 0 Å². The van der Waals surface area contributed by atoms with E-state index in [1.165, 1.54) is 16.7 Å². The fourth-order valence-corrected chi connectivity index (χ4v) is 5.57. The van der Waals surface area contributed by atoms with Gasteiger partial charge >= 0.3 is 0 Å². The number of hydrogen-bond acceptors (Lipinski definition) is 5. The number of hydrogen-bond donors (Lipinski definition) is 1. The highest BCUT2D eigenvalue weighted by Crippen LogP contribution is 2.37. The van der Waals surface area contributed by atoms with Crippen molar-refractivity contribution in [3.05, 3.63) is 91.2 Å². The number of nitrogens with one attached hydrogen (secondary N) is 1. The predicted molar refractivity (Wildman–Crippen MR) is 154 cm³/mol. The summed E-state index contributed by atoms with van der Waals surface area (Å²) in [6.07, 6.45) is 1.80. The number of amides is 2. The molecule has 0 atom stereocenters. The summed E-state index contributed by atoms with van der Waals surface area (Å²) in [4.78, 5) is 27.4. The number of nitrogens with zero attached hydrogens (tertiary/aromatic N) is 1. The van der Waals surface area contributed by atoms with E-state index in [-0.39, 0.29) is 18.4 Å². The molecular weight excluding hydrogens is 612 g/mol. The maximum atomic E-state index is 13.0. The maximum absolute atomic E-state index is 13.0. The topological polar surface area (TPSA) is 58.6 Å². The lowest BCUT2D eigenvalue weighted by atomic mass is 10.1. The number of carbonyl (C=O) groups excluding carboxylic acids is 2. The molecule has 0 unspecified atom stereocenters. The van der Waals surface area contributed by atoms with Gasteiger partial charge < -0.3 is 10.1 Å². The lowest BCUT2D eigenvalue weighted by Gasteiger charge is -2.14. The first kappa shape index (κ1) is 25.6. The van der Waals surface area contributed by atoms with Crippen molar-refractivity contribution < 1.29 is 14.3 Å². The first-order valence-corrected chi connectivity index (χ1v) is 13.4. The molecule has 1 aliphatic heterocycles. The SMILES string of the molecule is Cc1cc(Br)c(NC(=O)COc2ccc(/C=C3/SC(=S)N(c4cccc(Br)c4)C3=O)cc2)cc1C. The van der Waals surface area contributed by atoms with E-state index in [2.05, 4.69) is 37.2 Å². The van der Waals surface area contributed by atoms with Crippen molar-refractivity contribution in [1.29, 1.82) is 0 Å². The molecule has 1 fully saturated rings. The Bertz CT molecular complexity index is 1360. The second-order valence-electron chi connectivity index (χ2n) is 7.82. The van der Waals surface area contributed by atoms with Crippen LogP contribution in [0, 0.1) is 13.8 Å². The van der Waals surface area contributed by atoms with Gasteiger partial charge in [0.2, 0.25) is 0 Å². The molecule has 9 heteroatoms. The minimum atomic E-state index is -0.255. The molecule has 178 valence electrons. The van der Waals surface area contributed by atoms with Gasteiger partial charge in [0.15, 0.2) is 10.9 Å². The van der Waals surface area contributed by atoms with Crippen LogP contribution in [0.3, 0.4) is 0 Å². The molecule has 5 nitrogen and oxygen atoms in total. The number of rotatable bonds is 6. The predicted octanol–water partition coefficient (Wildman–Crippen LogP) is 7.25. The van der Waals surface area contributed by atoms with Crippen LogP contribution in [0.5, 0.6) is 5.75 Å². The highest BCUT2D eigenvalue weighted by atomic mass is 79.9. The Balaban J connectivity index is 1.37. The molecule has 35 heavy (non-hydrogen) atoms. The molecule has 0 saturated carbocycles. The minimum Gasteiger partial charge on any atom is -0.484 e. The zero-order valence-electron chi connectivity index (χ0n) is 18.8. The van der Waals surface area contributed by atoms with E-state index in [1.54, 1.807) is 18.2 Å². The third-order valence-corrected chi connectivity index (χ3v) is 7.72. The van der Waals surface area contributed by atoms with Crippen molar-refractivity contribution in [2.24, 2.45) is 0 Å². The summed E-state index contributed by atoms with van der Waals surface area (Å²) in [5.74, 6) is 0.139. The number of thiocarbonyl (C=S) groups is 1. The molecule has 0 aromatic heterocycles. The van der Waals surface area contributed by atoms with Crippen LogP contribution < -0.4 is 15.0 Å². The van der Waals surface area contributed by atoms with Gasteiger partial charge in [-0.05, 0) is 95.0 Å². The van der Waals surface area contributed by atoms with Crippen molar-refractivity contribution in [3.8, 4) is 5.75 Å². The average Bonchev–Trinajstić information content (AvgIpc) is 3.09. The molecule has 3 aromatic carbocycles. The van der Waals surface area contributed by atoms with Crippen LogP contribution in [0.4, 0.5) is 11.4 Å². The zero-order chi connectivity index (χ0) is 25.1. The van der Waals surface area contributed by atoms with Gasteiger partial charge in [0.1, 0.15) is 5.75 Å². The van der Waals surface area contributed by atoms with E-state index in [1.807, 2.05) is 62.4 Å². The van der Waals surface area contributed by atoms with Crippen LogP contribution >= 0.6 is 55.8 Å². The van der Waals surface area contributed by atoms with Gasteiger partial charge in [-0.1, -0.05) is 58.1 Å². The summed E-state index contributed by atoms with van der Waals surface area (Å²) in [6.45, 7) is 3.89. The van der Waals surface area contributed by atoms with Gasteiger partial charge in [0.05, 0.1) is 16.3 Å². The van der Waals surface area contributed by atoms with Gasteiger partial charge in [-0.2, -0.15) is 0 Å². The van der Waals surface area contributed by atoms with E-state index in [9.17, 15) is 9.59 Å². The number of halogens is 2. The third kappa shape index (κ3) is 6.22. The lowest BCUT2D eigenvalue weighted by Crippen LogP contribution is -2.27.